The molecule has 0 fully saturated rings. The first-order valence-corrected chi connectivity index (χ1v) is 4.69. The van der Waals surface area contributed by atoms with Gasteiger partial charge in [-0.2, -0.15) is 0 Å². The first-order valence-electron chi connectivity index (χ1n) is 3.46. The Balaban J connectivity index is 0.000000292. The molecule has 1 rings (SSSR count). The standard InChI is InChI=1S/C9H8.F4S/c1-2-6-9-7-4-3-5-8-9;1-5(2,3)4/h3-8H,1H2;. The highest BCUT2D eigenvalue weighted by molar-refractivity contribution is 8.16. The van der Waals surface area contributed by atoms with Gasteiger partial charge in [-0.3, -0.25) is 0 Å². The molecule has 78 valence electrons. The molecule has 0 spiro atoms. The van der Waals surface area contributed by atoms with E-state index in [4.69, 9.17) is 0 Å². The van der Waals surface area contributed by atoms with Gasteiger partial charge in [-0.15, -0.1) is 5.73 Å². The Bertz CT molecular complexity index is 292. The third kappa shape index (κ3) is 10.8. The second-order valence-corrected chi connectivity index (χ2v) is 2.81. The van der Waals surface area contributed by atoms with Crippen molar-refractivity contribution in [2.45, 2.75) is 0 Å². The maximum atomic E-state index is 9.77. The minimum atomic E-state index is -6.17. The molecule has 0 aliphatic heterocycles. The number of rotatable bonds is 1. The highest BCUT2D eigenvalue weighted by Gasteiger charge is 2.16. The molecule has 0 saturated heterocycles. The number of benzene rings is 1. The summed E-state index contributed by atoms with van der Waals surface area (Å²) in [5.74, 6) is 0. The molecule has 0 radical (unpaired) electrons. The van der Waals surface area contributed by atoms with Gasteiger partial charge in [0.25, 0.3) is 0 Å². The van der Waals surface area contributed by atoms with Gasteiger partial charge in [0.1, 0.15) is 0 Å². The average Bonchev–Trinajstić information content (AvgIpc) is 2.03. The lowest BCUT2D eigenvalue weighted by molar-refractivity contribution is 0.543. The van der Waals surface area contributed by atoms with Crippen LogP contribution in [0.5, 0.6) is 0 Å². The maximum absolute atomic E-state index is 9.77. The molecular weight excluding hydrogens is 216 g/mol. The summed E-state index contributed by atoms with van der Waals surface area (Å²) < 4.78 is 39.1. The fourth-order valence-corrected chi connectivity index (χ4v) is 0.667. The van der Waals surface area contributed by atoms with Crippen molar-refractivity contribution >= 4 is 17.6 Å². The molecular formula is C9H8F4S. The number of hydrogen-bond donors (Lipinski definition) is 0. The molecule has 0 atom stereocenters. The smallest absolute Gasteiger partial charge is 0.128 e. The zero-order chi connectivity index (χ0) is 11.0. The van der Waals surface area contributed by atoms with E-state index in [1.165, 1.54) is 0 Å². The molecule has 0 N–H and O–H groups in total. The van der Waals surface area contributed by atoms with Gasteiger partial charge in [-0.25, -0.2) is 0 Å². The molecule has 0 saturated carbocycles. The minimum Gasteiger partial charge on any atom is -0.128 e. The Morgan fingerprint density at radius 2 is 1.50 bits per heavy atom. The van der Waals surface area contributed by atoms with Crippen LogP contribution in [0.2, 0.25) is 0 Å². The molecule has 1 aromatic rings. The number of hydrogen-bond acceptors (Lipinski definition) is 0. The van der Waals surface area contributed by atoms with Gasteiger partial charge in [0.15, 0.2) is 0 Å². The molecule has 5 heteroatoms. The Hall–Kier alpha value is -1.19. The second kappa shape index (κ2) is 6.29. The maximum Gasteiger partial charge on any atom is 0.379 e. The van der Waals surface area contributed by atoms with Crippen molar-refractivity contribution in [3.05, 3.63) is 48.2 Å². The summed E-state index contributed by atoms with van der Waals surface area (Å²) in [5, 5.41) is 0. The third-order valence-corrected chi connectivity index (χ3v) is 1.07. The molecule has 0 unspecified atom stereocenters. The summed E-state index contributed by atoms with van der Waals surface area (Å²) in [6.07, 6.45) is 1.85. The van der Waals surface area contributed by atoms with Crippen molar-refractivity contribution in [3.8, 4) is 0 Å². The summed E-state index contributed by atoms with van der Waals surface area (Å²) >= 11 is -6.17. The highest BCUT2D eigenvalue weighted by Crippen LogP contribution is 2.54. The molecule has 0 bridgehead atoms. The van der Waals surface area contributed by atoms with E-state index in [9.17, 15) is 15.5 Å². The summed E-state index contributed by atoms with van der Waals surface area (Å²) in [6, 6.07) is 9.99. The third-order valence-electron chi connectivity index (χ3n) is 1.07. The average molecular weight is 224 g/mol. The van der Waals surface area contributed by atoms with Crippen molar-refractivity contribution in [2.75, 3.05) is 0 Å². The predicted octanol–water partition coefficient (Wildman–Crippen LogP) is 4.81. The van der Waals surface area contributed by atoms with Crippen molar-refractivity contribution in [2.24, 2.45) is 0 Å². The summed E-state index contributed by atoms with van der Waals surface area (Å²) in [4.78, 5) is 0. The van der Waals surface area contributed by atoms with Crippen LogP contribution in [-0.4, -0.2) is 0 Å². The van der Waals surface area contributed by atoms with Crippen LogP contribution in [0, 0.1) is 0 Å². The zero-order valence-electron chi connectivity index (χ0n) is 7.09. The highest BCUT2D eigenvalue weighted by atomic mass is 32.4. The predicted molar refractivity (Wildman–Crippen MR) is 52.1 cm³/mol. The lowest BCUT2D eigenvalue weighted by Gasteiger charge is -1.87. The van der Waals surface area contributed by atoms with Gasteiger partial charge in [0, 0.05) is 0 Å². The summed E-state index contributed by atoms with van der Waals surface area (Å²) in [6.45, 7) is 3.48. The minimum absolute atomic E-state index is 1.15. The van der Waals surface area contributed by atoms with Crippen LogP contribution >= 0.6 is 11.6 Å². The van der Waals surface area contributed by atoms with Gasteiger partial charge in [0.05, 0.1) is 0 Å². The van der Waals surface area contributed by atoms with Crippen LogP contribution in [0.3, 0.4) is 0 Å². The van der Waals surface area contributed by atoms with Crippen molar-refractivity contribution in [3.63, 3.8) is 0 Å². The lowest BCUT2D eigenvalue weighted by Crippen LogP contribution is -1.64. The van der Waals surface area contributed by atoms with Crippen molar-refractivity contribution in [1.82, 2.24) is 0 Å². The molecule has 0 aliphatic rings. The van der Waals surface area contributed by atoms with Gasteiger partial charge >= 0.3 is 11.6 Å². The van der Waals surface area contributed by atoms with E-state index < -0.39 is 11.6 Å². The van der Waals surface area contributed by atoms with Crippen LogP contribution in [0.1, 0.15) is 5.56 Å². The molecule has 0 aliphatic carbocycles. The van der Waals surface area contributed by atoms with Gasteiger partial charge in [0.2, 0.25) is 0 Å². The molecule has 0 amide bonds. The Morgan fingerprint density at radius 3 is 1.86 bits per heavy atom. The van der Waals surface area contributed by atoms with Crippen LogP contribution in [0.15, 0.2) is 42.6 Å². The molecule has 0 aromatic heterocycles. The van der Waals surface area contributed by atoms with E-state index in [2.05, 4.69) is 12.3 Å². The molecule has 14 heavy (non-hydrogen) atoms. The molecule has 0 heterocycles. The van der Waals surface area contributed by atoms with E-state index in [1.54, 1.807) is 0 Å². The van der Waals surface area contributed by atoms with E-state index in [0.717, 1.165) is 5.56 Å². The molecule has 1 aromatic carbocycles. The van der Waals surface area contributed by atoms with Gasteiger partial charge in [-0.05, 0) is 11.6 Å². The first kappa shape index (κ1) is 12.8. The van der Waals surface area contributed by atoms with E-state index in [-0.39, 0.29) is 0 Å². The second-order valence-electron chi connectivity index (χ2n) is 2.11. The Morgan fingerprint density at radius 1 is 1.07 bits per heavy atom. The lowest BCUT2D eigenvalue weighted by atomic mass is 10.2. The fraction of sp³-hybridized carbons (Fsp3) is 0. The quantitative estimate of drug-likeness (QED) is 0.474. The normalized spacial score (nSPS) is 10.6. The van der Waals surface area contributed by atoms with Crippen LogP contribution in [0.25, 0.3) is 6.08 Å². The summed E-state index contributed by atoms with van der Waals surface area (Å²) in [5.41, 5.74) is 3.85. The van der Waals surface area contributed by atoms with E-state index in [0.29, 0.717) is 0 Å². The SMILES string of the molecule is C=C=Cc1ccccc1.FS(F)(F)F. The fourth-order valence-electron chi connectivity index (χ4n) is 0.667. The van der Waals surface area contributed by atoms with Gasteiger partial charge in [-0.1, -0.05) is 52.5 Å². The van der Waals surface area contributed by atoms with E-state index >= 15 is 0 Å². The van der Waals surface area contributed by atoms with Gasteiger partial charge < -0.3 is 0 Å². The van der Waals surface area contributed by atoms with Crippen molar-refractivity contribution < 1.29 is 15.5 Å². The Kier molecular flexibility index (Phi) is 5.76. The monoisotopic (exact) mass is 224 g/mol. The van der Waals surface area contributed by atoms with Crippen molar-refractivity contribution in [1.29, 1.82) is 0 Å². The molecule has 0 nitrogen and oxygen atoms in total. The zero-order valence-corrected chi connectivity index (χ0v) is 7.91. The first-order chi connectivity index (χ1) is 6.43. The number of halogens is 4. The summed E-state index contributed by atoms with van der Waals surface area (Å²) in [7, 11) is 0. The van der Waals surface area contributed by atoms with Crippen LogP contribution in [-0.2, 0) is 0 Å². The Labute approximate surface area is 82.1 Å². The van der Waals surface area contributed by atoms with E-state index in [1.807, 2.05) is 36.4 Å². The van der Waals surface area contributed by atoms with Crippen LogP contribution < -0.4 is 0 Å². The van der Waals surface area contributed by atoms with Crippen LogP contribution in [0.4, 0.5) is 15.5 Å². The topological polar surface area (TPSA) is 0 Å². The largest absolute Gasteiger partial charge is 0.379 e.